The predicted molar refractivity (Wildman–Crippen MR) is 162 cm³/mol. The summed E-state index contributed by atoms with van der Waals surface area (Å²) in [6.45, 7) is 0.219. The lowest BCUT2D eigenvalue weighted by Gasteiger charge is -2.15. The first-order valence-corrected chi connectivity index (χ1v) is 12.8. The molecule has 194 valence electrons. The molecule has 0 saturated heterocycles. The Bertz CT molecular complexity index is 1470. The number of carbonyl (C=O) groups excluding carboxylic acids is 2. The summed E-state index contributed by atoms with van der Waals surface area (Å²) in [5, 5.41) is 12.4. The molecule has 0 bridgehead atoms. The average molecular weight is 533 g/mol. The zero-order valence-corrected chi connectivity index (χ0v) is 22.0. The predicted octanol–water partition coefficient (Wildman–Crippen LogP) is 6.14. The van der Waals surface area contributed by atoms with E-state index in [1.165, 1.54) is 0 Å². The Morgan fingerprint density at radius 2 is 1.33 bits per heavy atom. The molecule has 0 aliphatic rings. The molecule has 4 N–H and O–H groups in total. The van der Waals surface area contributed by atoms with Gasteiger partial charge in [0.15, 0.2) is 5.11 Å². The van der Waals surface area contributed by atoms with Crippen LogP contribution < -0.4 is 21.3 Å². The molecule has 2 amide bonds. The van der Waals surface area contributed by atoms with Crippen LogP contribution in [0.15, 0.2) is 133 Å². The highest BCUT2D eigenvalue weighted by Crippen LogP contribution is 2.16. The van der Waals surface area contributed by atoms with E-state index in [4.69, 9.17) is 12.2 Å². The first kappa shape index (κ1) is 27.0. The van der Waals surface area contributed by atoms with Gasteiger partial charge in [0.2, 0.25) is 0 Å². The smallest absolute Gasteiger partial charge is 0.268 e. The number of nitrogens with one attached hydrogen (secondary N) is 4. The third-order valence-corrected chi connectivity index (χ3v) is 5.82. The number of anilines is 2. The minimum Gasteiger partial charge on any atom is -0.347 e. The lowest BCUT2D eigenvalue weighted by molar-refractivity contribution is -0.117. The summed E-state index contributed by atoms with van der Waals surface area (Å²) in [6, 6.07) is 35.6. The summed E-state index contributed by atoms with van der Waals surface area (Å²) in [5.74, 6) is -0.790. The first-order chi connectivity index (χ1) is 19.1. The molecule has 0 heterocycles. The molecule has 0 aliphatic heterocycles. The fraction of sp³-hybridized carbons (Fsp3) is 0.0312. The molecule has 0 atom stereocenters. The molecule has 0 fully saturated rings. The zero-order valence-electron chi connectivity index (χ0n) is 21.1. The van der Waals surface area contributed by atoms with Gasteiger partial charge in [-0.05, 0) is 59.8 Å². The topological polar surface area (TPSA) is 82.3 Å². The summed E-state index contributed by atoms with van der Waals surface area (Å²) in [5.41, 5.74) is 4.02. The van der Waals surface area contributed by atoms with Gasteiger partial charge in [-0.2, -0.15) is 0 Å². The van der Waals surface area contributed by atoms with Gasteiger partial charge in [-0.3, -0.25) is 9.59 Å². The molecule has 4 aromatic rings. The van der Waals surface area contributed by atoms with Crippen LogP contribution in [-0.4, -0.2) is 16.9 Å². The summed E-state index contributed by atoms with van der Waals surface area (Å²) in [4.78, 5) is 26.0. The van der Waals surface area contributed by atoms with Gasteiger partial charge in [0.25, 0.3) is 11.8 Å². The number of carbonyl (C=O) groups is 2. The van der Waals surface area contributed by atoms with Crippen molar-refractivity contribution in [2.75, 3.05) is 10.6 Å². The Balaban J connectivity index is 1.45. The number of para-hydroxylation sites is 2. The van der Waals surface area contributed by atoms with Crippen molar-refractivity contribution >= 4 is 46.6 Å². The van der Waals surface area contributed by atoms with E-state index in [2.05, 4.69) is 21.3 Å². The number of benzene rings is 4. The lowest BCUT2D eigenvalue weighted by Crippen LogP contribution is -2.34. The van der Waals surface area contributed by atoms with Crippen LogP contribution in [0.4, 0.5) is 11.4 Å². The van der Waals surface area contributed by atoms with Gasteiger partial charge in [-0.1, -0.05) is 97.1 Å². The maximum absolute atomic E-state index is 13.2. The van der Waals surface area contributed by atoms with Crippen molar-refractivity contribution in [3.05, 3.63) is 150 Å². The fourth-order valence-electron chi connectivity index (χ4n) is 3.65. The Morgan fingerprint density at radius 3 is 2.05 bits per heavy atom. The second-order valence-corrected chi connectivity index (χ2v) is 8.86. The van der Waals surface area contributed by atoms with Gasteiger partial charge in [0.1, 0.15) is 5.70 Å². The maximum atomic E-state index is 13.2. The second-order valence-electron chi connectivity index (χ2n) is 8.46. The van der Waals surface area contributed by atoms with Crippen LogP contribution in [0.2, 0.25) is 0 Å². The maximum Gasteiger partial charge on any atom is 0.268 e. The number of rotatable bonds is 9. The van der Waals surface area contributed by atoms with E-state index in [1.807, 2.05) is 97.1 Å². The first-order valence-electron chi connectivity index (χ1n) is 12.4. The largest absolute Gasteiger partial charge is 0.347 e. The number of amides is 2. The third-order valence-electron chi connectivity index (χ3n) is 5.62. The van der Waals surface area contributed by atoms with E-state index < -0.39 is 5.91 Å². The average Bonchev–Trinajstić information content (AvgIpc) is 2.97. The van der Waals surface area contributed by atoms with E-state index in [1.54, 1.807) is 36.4 Å². The van der Waals surface area contributed by atoms with E-state index in [-0.39, 0.29) is 18.1 Å². The van der Waals surface area contributed by atoms with Crippen LogP contribution in [0.3, 0.4) is 0 Å². The Hall–Kier alpha value is -5.01. The molecular weight excluding hydrogens is 504 g/mol. The van der Waals surface area contributed by atoms with E-state index in [0.717, 1.165) is 22.5 Å². The molecular formula is C32H28N4O2S. The zero-order chi connectivity index (χ0) is 27.3. The van der Waals surface area contributed by atoms with Crippen LogP contribution >= 0.6 is 12.2 Å². The van der Waals surface area contributed by atoms with Crippen LogP contribution in [0.5, 0.6) is 0 Å². The minimum atomic E-state index is -0.420. The number of thiocarbonyl (C=S) groups is 1. The van der Waals surface area contributed by atoms with Crippen LogP contribution in [0.1, 0.15) is 21.5 Å². The molecule has 39 heavy (non-hydrogen) atoms. The molecule has 0 spiro atoms. The van der Waals surface area contributed by atoms with Gasteiger partial charge in [0.05, 0.1) is 0 Å². The molecule has 4 aromatic carbocycles. The van der Waals surface area contributed by atoms with Crippen molar-refractivity contribution < 1.29 is 9.59 Å². The SMILES string of the molecule is O=C(NCc1ccccc1NC(=S)Nc1ccccc1)/C(=C/C=C/c1ccccc1)NC(=O)c1ccccc1. The van der Waals surface area contributed by atoms with Gasteiger partial charge in [-0.15, -0.1) is 0 Å². The molecule has 4 rings (SSSR count). The monoisotopic (exact) mass is 532 g/mol. The molecule has 0 unspecified atom stereocenters. The number of hydrogen-bond donors (Lipinski definition) is 4. The molecule has 0 radical (unpaired) electrons. The van der Waals surface area contributed by atoms with Crippen LogP contribution in [0.25, 0.3) is 6.08 Å². The summed E-state index contributed by atoms with van der Waals surface area (Å²) >= 11 is 5.46. The Kier molecular flexibility index (Phi) is 9.75. The molecule has 0 saturated carbocycles. The van der Waals surface area contributed by atoms with Crippen molar-refractivity contribution in [2.45, 2.75) is 6.54 Å². The highest BCUT2D eigenvalue weighted by atomic mass is 32.1. The standard InChI is InChI=1S/C32H28N4O2S/c37-30(25-16-6-2-7-17-25)35-29(22-12-15-24-13-4-1-5-14-24)31(38)33-23-26-18-10-11-21-28(26)36-32(39)34-27-19-8-3-9-20-27/h1-22H,23H2,(H,33,38)(H,35,37)(H2,34,36,39)/b15-12+,29-22-. The molecule has 0 aromatic heterocycles. The molecule has 7 heteroatoms. The summed E-state index contributed by atoms with van der Waals surface area (Å²) < 4.78 is 0. The minimum absolute atomic E-state index is 0.128. The van der Waals surface area contributed by atoms with Crippen molar-refractivity contribution in [1.29, 1.82) is 0 Å². The highest BCUT2D eigenvalue weighted by Gasteiger charge is 2.14. The van der Waals surface area contributed by atoms with Crippen molar-refractivity contribution in [3.8, 4) is 0 Å². The van der Waals surface area contributed by atoms with Gasteiger partial charge >= 0.3 is 0 Å². The quantitative estimate of drug-likeness (QED) is 0.118. The van der Waals surface area contributed by atoms with Gasteiger partial charge < -0.3 is 21.3 Å². The summed E-state index contributed by atoms with van der Waals surface area (Å²) in [6.07, 6.45) is 5.19. The van der Waals surface area contributed by atoms with Crippen molar-refractivity contribution in [1.82, 2.24) is 10.6 Å². The Morgan fingerprint density at radius 1 is 0.718 bits per heavy atom. The lowest BCUT2D eigenvalue weighted by atomic mass is 10.1. The fourth-order valence-corrected chi connectivity index (χ4v) is 3.88. The molecule has 6 nitrogen and oxygen atoms in total. The van der Waals surface area contributed by atoms with Crippen LogP contribution in [-0.2, 0) is 11.3 Å². The van der Waals surface area contributed by atoms with Crippen molar-refractivity contribution in [3.63, 3.8) is 0 Å². The third kappa shape index (κ3) is 8.52. The van der Waals surface area contributed by atoms with Gasteiger partial charge in [0, 0.05) is 23.5 Å². The highest BCUT2D eigenvalue weighted by molar-refractivity contribution is 7.80. The number of allylic oxidation sites excluding steroid dienone is 2. The molecule has 0 aliphatic carbocycles. The van der Waals surface area contributed by atoms with E-state index >= 15 is 0 Å². The summed E-state index contributed by atoms with van der Waals surface area (Å²) in [7, 11) is 0. The number of hydrogen-bond acceptors (Lipinski definition) is 3. The Labute approximate surface area is 233 Å². The van der Waals surface area contributed by atoms with E-state index in [0.29, 0.717) is 10.7 Å². The normalized spacial score (nSPS) is 11.0. The van der Waals surface area contributed by atoms with Gasteiger partial charge in [-0.25, -0.2) is 0 Å². The van der Waals surface area contributed by atoms with Crippen molar-refractivity contribution in [2.24, 2.45) is 0 Å². The second kappa shape index (κ2) is 14.1. The van der Waals surface area contributed by atoms with E-state index in [9.17, 15) is 9.59 Å². The van der Waals surface area contributed by atoms with Crippen LogP contribution in [0, 0.1) is 0 Å².